The fourth-order valence-electron chi connectivity index (χ4n) is 5.77. The molecule has 4 heteroatoms. The van der Waals surface area contributed by atoms with Crippen LogP contribution in [-0.4, -0.2) is 8.86 Å². The van der Waals surface area contributed by atoms with E-state index < -0.39 is 46.9 Å². The Balaban J connectivity index is 1.59. The number of halogens is 2. The molecule has 0 aliphatic heterocycles. The first-order chi connectivity index (χ1) is 22.7. The van der Waals surface area contributed by atoms with E-state index in [1.54, 1.807) is 0 Å². The third-order valence-corrected chi connectivity index (χ3v) is 51.0. The summed E-state index contributed by atoms with van der Waals surface area (Å²) in [5.41, 5.74) is -1.33. The average Bonchev–Trinajstić information content (AvgIpc) is 3.15. The van der Waals surface area contributed by atoms with Gasteiger partial charge >= 0.3 is 287 Å². The zero-order valence-electron chi connectivity index (χ0n) is 26.0. The molecule has 0 amide bonds. The third-order valence-electron chi connectivity index (χ3n) is 7.91. The van der Waals surface area contributed by atoms with Crippen molar-refractivity contribution in [2.75, 3.05) is 8.86 Å². The first kappa shape index (κ1) is 33.0. The van der Waals surface area contributed by atoms with Crippen LogP contribution in [0.4, 0.5) is 0 Å². The van der Waals surface area contributed by atoms with Crippen LogP contribution in [0.3, 0.4) is 0 Å². The number of benzene rings is 6. The standard InChI is InChI=1S/C42H40I2P2/c1-3-43(37-23-11-5-12-24-37,45(39-27-15-7-16-28-39)40-29-17-8-18-30-40)35-36-44(4-2,38-25-13-6-14-26-38)46(41-31-19-9-20-32-41)42-33-21-10-22-34-42/h3-34H,1-2,35-36H2/q-2. The molecule has 0 heterocycles. The van der Waals surface area contributed by atoms with Crippen molar-refractivity contribution < 1.29 is 35.8 Å². The van der Waals surface area contributed by atoms with E-state index in [0.717, 1.165) is 8.86 Å². The van der Waals surface area contributed by atoms with Crippen molar-refractivity contribution in [1.82, 2.24) is 0 Å². The fourth-order valence-corrected chi connectivity index (χ4v) is 58.2. The van der Waals surface area contributed by atoms with E-state index in [9.17, 15) is 0 Å². The summed E-state index contributed by atoms with van der Waals surface area (Å²) in [4.78, 5) is 0. The molecule has 0 aliphatic carbocycles. The van der Waals surface area contributed by atoms with E-state index in [4.69, 9.17) is 13.2 Å². The second-order valence-electron chi connectivity index (χ2n) is 10.6. The summed E-state index contributed by atoms with van der Waals surface area (Å²) in [6.45, 7) is 9.48. The molecular formula is C42H40I2P2-2. The summed E-state index contributed by atoms with van der Waals surface area (Å²) in [7, 11) is 0. The maximum absolute atomic E-state index is 4.74. The summed E-state index contributed by atoms with van der Waals surface area (Å²) in [6.07, 6.45) is 0. The van der Waals surface area contributed by atoms with Gasteiger partial charge in [0.1, 0.15) is 0 Å². The van der Waals surface area contributed by atoms with Gasteiger partial charge in [0.25, 0.3) is 0 Å². The summed E-state index contributed by atoms with van der Waals surface area (Å²) < 4.78 is 10.3. The monoisotopic (exact) mass is 860 g/mol. The Morgan fingerprint density at radius 3 is 0.783 bits per heavy atom. The van der Waals surface area contributed by atoms with Gasteiger partial charge in [-0.2, -0.15) is 0 Å². The molecule has 2 atom stereocenters. The molecule has 0 saturated heterocycles. The third kappa shape index (κ3) is 6.87. The number of hydrogen-bond donors (Lipinski definition) is 0. The first-order valence-corrected chi connectivity index (χ1v) is 31.3. The van der Waals surface area contributed by atoms with E-state index in [0.29, 0.717) is 0 Å². The molecule has 0 aliphatic rings. The number of rotatable bonds is 13. The van der Waals surface area contributed by atoms with Crippen molar-refractivity contribution in [3.63, 3.8) is 0 Å². The van der Waals surface area contributed by atoms with Crippen molar-refractivity contribution in [2.24, 2.45) is 0 Å². The van der Waals surface area contributed by atoms with Gasteiger partial charge < -0.3 is 0 Å². The quantitative estimate of drug-likeness (QED) is 0.0951. The van der Waals surface area contributed by atoms with Gasteiger partial charge in [-0.15, -0.1) is 0 Å². The van der Waals surface area contributed by atoms with Crippen LogP contribution in [-0.2, 0) is 0 Å². The molecule has 6 aromatic carbocycles. The molecule has 6 rings (SSSR count). The Bertz CT molecular complexity index is 1600. The van der Waals surface area contributed by atoms with E-state index in [2.05, 4.69) is 190 Å². The van der Waals surface area contributed by atoms with Crippen molar-refractivity contribution in [3.8, 4) is 0 Å². The second kappa shape index (κ2) is 15.8. The molecule has 46 heavy (non-hydrogen) atoms. The molecule has 0 nitrogen and oxygen atoms in total. The van der Waals surface area contributed by atoms with Gasteiger partial charge in [0.15, 0.2) is 0 Å². The normalized spacial score (nSPS) is 15.3. The Morgan fingerprint density at radius 2 is 0.565 bits per heavy atom. The van der Waals surface area contributed by atoms with Gasteiger partial charge in [0.2, 0.25) is 0 Å². The molecule has 0 saturated carbocycles. The van der Waals surface area contributed by atoms with Gasteiger partial charge in [-0.1, -0.05) is 0 Å². The number of hydrogen-bond acceptors (Lipinski definition) is 0. The van der Waals surface area contributed by atoms with Crippen LogP contribution < -0.4 is 57.0 Å². The summed E-state index contributed by atoms with van der Waals surface area (Å²) in [5.74, 6) is 0. The van der Waals surface area contributed by atoms with Crippen LogP contribution in [0.15, 0.2) is 203 Å². The van der Waals surface area contributed by atoms with Crippen LogP contribution >= 0.6 is 11.1 Å². The van der Waals surface area contributed by atoms with E-state index in [1.165, 1.54) is 28.4 Å². The molecule has 0 bridgehead atoms. The zero-order valence-corrected chi connectivity index (χ0v) is 32.1. The average molecular weight is 861 g/mol. The SMILES string of the molecule is C=C[I-](CC[I-](C=C)(c1ccccc1)P(c1ccccc1)c1ccccc1)(c1ccccc1)P(c1ccccc1)c1ccccc1. The predicted molar refractivity (Wildman–Crippen MR) is 199 cm³/mol. The molecule has 0 N–H and O–H groups in total. The molecular weight excluding hydrogens is 820 g/mol. The topological polar surface area (TPSA) is 0 Å². The van der Waals surface area contributed by atoms with Gasteiger partial charge in [-0.05, 0) is 0 Å². The van der Waals surface area contributed by atoms with Gasteiger partial charge in [0.05, 0.1) is 0 Å². The van der Waals surface area contributed by atoms with Crippen LogP contribution in [0, 0.1) is 7.14 Å². The molecule has 2 unspecified atom stereocenters. The van der Waals surface area contributed by atoms with Crippen molar-refractivity contribution in [1.29, 1.82) is 0 Å². The maximum atomic E-state index is 4.74. The molecule has 6 aromatic rings. The second-order valence-corrected chi connectivity index (χ2v) is 42.0. The van der Waals surface area contributed by atoms with Gasteiger partial charge in [-0.3, -0.25) is 0 Å². The van der Waals surface area contributed by atoms with E-state index in [-0.39, 0.29) is 0 Å². The Hall–Kier alpha value is -2.88. The summed E-state index contributed by atoms with van der Waals surface area (Å²) >= 11 is -6.12. The van der Waals surface area contributed by atoms with E-state index in [1.807, 2.05) is 0 Å². The molecule has 0 spiro atoms. The molecule has 0 radical (unpaired) electrons. The minimum absolute atomic E-state index is 0.666. The van der Waals surface area contributed by atoms with E-state index >= 15 is 0 Å². The number of alkyl halides is 2. The Kier molecular flexibility index (Phi) is 11.4. The van der Waals surface area contributed by atoms with Crippen LogP contribution in [0.25, 0.3) is 0 Å². The Morgan fingerprint density at radius 1 is 0.348 bits per heavy atom. The molecule has 0 aromatic heterocycles. The predicted octanol–water partition coefficient (Wildman–Crippen LogP) is 3.43. The van der Waals surface area contributed by atoms with Gasteiger partial charge in [-0.25, -0.2) is 0 Å². The molecule has 234 valence electrons. The van der Waals surface area contributed by atoms with Crippen molar-refractivity contribution in [2.45, 2.75) is 0 Å². The first-order valence-electron chi connectivity index (χ1n) is 15.4. The summed E-state index contributed by atoms with van der Waals surface area (Å²) in [6, 6.07) is 68.1. The van der Waals surface area contributed by atoms with Crippen molar-refractivity contribution >= 4 is 32.3 Å². The zero-order chi connectivity index (χ0) is 31.7. The van der Waals surface area contributed by atoms with Crippen LogP contribution in [0.2, 0.25) is 0 Å². The van der Waals surface area contributed by atoms with Crippen molar-refractivity contribution in [3.05, 3.63) is 210 Å². The minimum atomic E-state index is -3.06. The van der Waals surface area contributed by atoms with Crippen LogP contribution in [0.1, 0.15) is 0 Å². The fraction of sp³-hybridized carbons (Fsp3) is 0.0476. The van der Waals surface area contributed by atoms with Crippen LogP contribution in [0.5, 0.6) is 0 Å². The molecule has 0 fully saturated rings. The summed E-state index contributed by atoms with van der Waals surface area (Å²) in [5, 5.41) is 5.81. The Labute approximate surface area is 284 Å². The van der Waals surface area contributed by atoms with Gasteiger partial charge in [0, 0.05) is 0 Å².